The minimum absolute atomic E-state index is 0.0786. The van der Waals surface area contributed by atoms with Crippen LogP contribution >= 0.6 is 23.2 Å². The molecule has 22 heavy (non-hydrogen) atoms. The van der Waals surface area contributed by atoms with Crippen molar-refractivity contribution in [3.8, 4) is 5.75 Å². The van der Waals surface area contributed by atoms with Gasteiger partial charge >= 0.3 is 0 Å². The fourth-order valence-electron chi connectivity index (χ4n) is 2.04. The summed E-state index contributed by atoms with van der Waals surface area (Å²) in [5, 5.41) is 1.08. The summed E-state index contributed by atoms with van der Waals surface area (Å²) in [7, 11) is 0. The van der Waals surface area contributed by atoms with E-state index >= 15 is 0 Å². The summed E-state index contributed by atoms with van der Waals surface area (Å²) in [6.45, 7) is 2.18. The van der Waals surface area contributed by atoms with Gasteiger partial charge in [-0.1, -0.05) is 36.2 Å². The van der Waals surface area contributed by atoms with E-state index in [1.807, 2.05) is 6.92 Å². The molecule has 0 saturated carbocycles. The van der Waals surface area contributed by atoms with Crippen molar-refractivity contribution in [2.24, 2.45) is 0 Å². The first-order valence-corrected chi connectivity index (χ1v) is 7.77. The van der Waals surface area contributed by atoms with E-state index in [9.17, 15) is 4.79 Å². The number of benzene rings is 2. The molecule has 0 heterocycles. The molecule has 5 heteroatoms. The standard InChI is InChI=1S/C17H17Cl2NO2/c1-2-4-16(21)11-7-8-17(15(20)9-11)22-10-12-13(18)5-3-6-14(12)19/h3,5-9H,2,4,10,20H2,1H3. The molecule has 0 unspecified atom stereocenters. The van der Waals surface area contributed by atoms with Gasteiger partial charge in [0.25, 0.3) is 0 Å². The van der Waals surface area contributed by atoms with Crippen molar-refractivity contribution in [2.75, 3.05) is 5.73 Å². The lowest BCUT2D eigenvalue weighted by atomic mass is 10.1. The van der Waals surface area contributed by atoms with Gasteiger partial charge in [0.1, 0.15) is 12.4 Å². The summed E-state index contributed by atoms with van der Waals surface area (Å²) in [4.78, 5) is 11.8. The van der Waals surface area contributed by atoms with E-state index in [-0.39, 0.29) is 12.4 Å². The summed E-state index contributed by atoms with van der Waals surface area (Å²) in [6.07, 6.45) is 1.32. The van der Waals surface area contributed by atoms with Crippen LogP contribution in [0, 0.1) is 0 Å². The predicted octanol–water partition coefficient (Wildman–Crippen LogP) is 5.14. The van der Waals surface area contributed by atoms with E-state index in [2.05, 4.69) is 0 Å². The van der Waals surface area contributed by atoms with Crippen molar-refractivity contribution < 1.29 is 9.53 Å². The third kappa shape index (κ3) is 3.93. The van der Waals surface area contributed by atoms with Gasteiger partial charge in [-0.25, -0.2) is 0 Å². The van der Waals surface area contributed by atoms with Crippen LogP contribution in [0.5, 0.6) is 5.75 Å². The van der Waals surface area contributed by atoms with Gasteiger partial charge in [-0.15, -0.1) is 0 Å². The highest BCUT2D eigenvalue weighted by atomic mass is 35.5. The van der Waals surface area contributed by atoms with Crippen LogP contribution in [0.1, 0.15) is 35.7 Å². The van der Waals surface area contributed by atoms with Gasteiger partial charge < -0.3 is 10.5 Å². The Morgan fingerprint density at radius 1 is 1.18 bits per heavy atom. The van der Waals surface area contributed by atoms with Gasteiger partial charge in [0.2, 0.25) is 0 Å². The van der Waals surface area contributed by atoms with E-state index in [0.717, 1.165) is 6.42 Å². The molecule has 0 aliphatic carbocycles. The maximum absolute atomic E-state index is 11.8. The van der Waals surface area contributed by atoms with Crippen molar-refractivity contribution in [3.63, 3.8) is 0 Å². The van der Waals surface area contributed by atoms with Crippen molar-refractivity contribution in [3.05, 3.63) is 57.6 Å². The van der Waals surface area contributed by atoms with E-state index in [4.69, 9.17) is 33.7 Å². The zero-order valence-corrected chi connectivity index (χ0v) is 13.7. The lowest BCUT2D eigenvalue weighted by molar-refractivity contribution is 0.0981. The smallest absolute Gasteiger partial charge is 0.162 e. The highest BCUT2D eigenvalue weighted by Gasteiger charge is 2.10. The Morgan fingerprint density at radius 3 is 2.45 bits per heavy atom. The highest BCUT2D eigenvalue weighted by Crippen LogP contribution is 2.28. The number of carbonyl (C=O) groups is 1. The average molecular weight is 338 g/mol. The monoisotopic (exact) mass is 337 g/mol. The number of anilines is 1. The normalized spacial score (nSPS) is 10.5. The topological polar surface area (TPSA) is 52.3 Å². The Morgan fingerprint density at radius 2 is 1.86 bits per heavy atom. The number of halogens is 2. The number of nitrogens with two attached hydrogens (primary N) is 1. The van der Waals surface area contributed by atoms with Gasteiger partial charge in [-0.05, 0) is 36.8 Å². The molecular formula is C17H17Cl2NO2. The van der Waals surface area contributed by atoms with E-state index < -0.39 is 0 Å². The van der Waals surface area contributed by atoms with Crippen LogP contribution < -0.4 is 10.5 Å². The Labute approximate surface area is 140 Å². The van der Waals surface area contributed by atoms with Gasteiger partial charge in [0, 0.05) is 27.6 Å². The second kappa shape index (κ2) is 7.52. The van der Waals surface area contributed by atoms with Crippen LogP contribution in [0.3, 0.4) is 0 Å². The largest absolute Gasteiger partial charge is 0.487 e. The molecule has 0 spiro atoms. The van der Waals surface area contributed by atoms with Crippen LogP contribution in [0.15, 0.2) is 36.4 Å². The molecule has 116 valence electrons. The van der Waals surface area contributed by atoms with E-state index in [1.165, 1.54) is 0 Å². The molecule has 0 aromatic heterocycles. The molecule has 0 aliphatic rings. The number of Topliss-reactive ketones (excluding diaryl/α,β-unsaturated/α-hetero) is 1. The minimum atomic E-state index is 0.0786. The number of ether oxygens (including phenoxy) is 1. The molecule has 0 radical (unpaired) electrons. The molecule has 2 aromatic rings. The van der Waals surface area contributed by atoms with E-state index in [1.54, 1.807) is 36.4 Å². The lowest BCUT2D eigenvalue weighted by Crippen LogP contribution is -2.03. The summed E-state index contributed by atoms with van der Waals surface area (Å²) in [5.41, 5.74) is 7.68. The first-order chi connectivity index (χ1) is 10.5. The second-order valence-corrected chi connectivity index (χ2v) is 5.73. The van der Waals surface area contributed by atoms with Gasteiger partial charge in [0.15, 0.2) is 5.78 Å². The number of hydrogen-bond donors (Lipinski definition) is 1. The zero-order chi connectivity index (χ0) is 16.1. The summed E-state index contributed by atoms with van der Waals surface area (Å²) < 4.78 is 5.67. The predicted molar refractivity (Wildman–Crippen MR) is 90.9 cm³/mol. The molecule has 0 saturated heterocycles. The quantitative estimate of drug-likeness (QED) is 0.586. The second-order valence-electron chi connectivity index (χ2n) is 4.91. The third-order valence-electron chi connectivity index (χ3n) is 3.24. The number of ketones is 1. The fraction of sp³-hybridized carbons (Fsp3) is 0.235. The Hall–Kier alpha value is -1.71. The minimum Gasteiger partial charge on any atom is -0.487 e. The molecule has 2 rings (SSSR count). The highest BCUT2D eigenvalue weighted by molar-refractivity contribution is 6.35. The Kier molecular flexibility index (Phi) is 5.69. The molecule has 0 bridgehead atoms. The average Bonchev–Trinajstić information content (AvgIpc) is 2.48. The van der Waals surface area contributed by atoms with Gasteiger partial charge in [-0.2, -0.15) is 0 Å². The van der Waals surface area contributed by atoms with Crippen molar-refractivity contribution in [2.45, 2.75) is 26.4 Å². The van der Waals surface area contributed by atoms with Crippen LogP contribution in [-0.2, 0) is 6.61 Å². The molecule has 2 N–H and O–H groups in total. The summed E-state index contributed by atoms with van der Waals surface area (Å²) in [5.74, 6) is 0.582. The molecule has 3 nitrogen and oxygen atoms in total. The lowest BCUT2D eigenvalue weighted by Gasteiger charge is -2.12. The molecular weight excluding hydrogens is 321 g/mol. The molecule has 0 atom stereocenters. The Bertz CT molecular complexity index is 666. The van der Waals surface area contributed by atoms with Crippen LogP contribution in [0.25, 0.3) is 0 Å². The molecule has 0 aliphatic heterocycles. The Balaban J connectivity index is 2.12. The number of carbonyl (C=O) groups excluding carboxylic acids is 1. The number of rotatable bonds is 6. The van der Waals surface area contributed by atoms with Crippen molar-refractivity contribution in [1.29, 1.82) is 0 Å². The van der Waals surface area contributed by atoms with Gasteiger partial charge in [0.05, 0.1) is 5.69 Å². The first kappa shape index (κ1) is 16.7. The first-order valence-electron chi connectivity index (χ1n) is 7.01. The summed E-state index contributed by atoms with van der Waals surface area (Å²) >= 11 is 12.2. The van der Waals surface area contributed by atoms with E-state index in [0.29, 0.717) is 39.0 Å². The number of hydrogen-bond acceptors (Lipinski definition) is 3. The maximum atomic E-state index is 11.8. The maximum Gasteiger partial charge on any atom is 0.162 e. The SMILES string of the molecule is CCCC(=O)c1ccc(OCc2c(Cl)cccc2Cl)c(N)c1. The number of nitrogen functional groups attached to an aromatic ring is 1. The van der Waals surface area contributed by atoms with Crippen molar-refractivity contribution in [1.82, 2.24) is 0 Å². The van der Waals surface area contributed by atoms with Gasteiger partial charge in [-0.3, -0.25) is 4.79 Å². The molecule has 0 amide bonds. The fourth-order valence-corrected chi connectivity index (χ4v) is 2.55. The molecule has 2 aromatic carbocycles. The zero-order valence-electron chi connectivity index (χ0n) is 12.2. The van der Waals surface area contributed by atoms with Crippen molar-refractivity contribution >= 4 is 34.7 Å². The third-order valence-corrected chi connectivity index (χ3v) is 3.95. The summed E-state index contributed by atoms with van der Waals surface area (Å²) in [6, 6.07) is 10.3. The van der Waals surface area contributed by atoms with Crippen LogP contribution in [-0.4, -0.2) is 5.78 Å². The van der Waals surface area contributed by atoms with Crippen LogP contribution in [0.2, 0.25) is 10.0 Å². The molecule has 0 fully saturated rings. The van der Waals surface area contributed by atoms with Crippen LogP contribution in [0.4, 0.5) is 5.69 Å².